The monoisotopic (exact) mass is 403 g/mol. The number of likely N-dealkylation sites (tertiary alicyclic amines) is 1. The average molecular weight is 404 g/mol. The largest absolute Gasteiger partial charge is 0.417 e. The van der Waals surface area contributed by atoms with E-state index >= 15 is 0 Å². The standard InChI is InChI=1S/C19H25ClF3N3O/c1-13(27)26-8-4-2-3-5-17(26)14-6-9-25(10-7-14)18-16(20)11-15(12-24-18)19(21,22)23/h11-12,14,17H,2-10H2,1H3/t17-/m1/s1. The van der Waals surface area contributed by atoms with Gasteiger partial charge in [-0.15, -0.1) is 0 Å². The molecule has 1 amide bonds. The summed E-state index contributed by atoms with van der Waals surface area (Å²) in [4.78, 5) is 20.0. The molecule has 150 valence electrons. The smallest absolute Gasteiger partial charge is 0.355 e. The van der Waals surface area contributed by atoms with Crippen molar-refractivity contribution in [1.82, 2.24) is 9.88 Å². The number of alkyl halides is 3. The molecule has 0 unspecified atom stereocenters. The summed E-state index contributed by atoms with van der Waals surface area (Å²) in [5.74, 6) is 0.959. The molecule has 4 nitrogen and oxygen atoms in total. The second-order valence-electron chi connectivity index (χ2n) is 7.48. The average Bonchev–Trinajstić information content (AvgIpc) is 2.87. The van der Waals surface area contributed by atoms with Gasteiger partial charge in [-0.05, 0) is 37.7 Å². The van der Waals surface area contributed by atoms with Crippen LogP contribution in [0, 0.1) is 5.92 Å². The van der Waals surface area contributed by atoms with E-state index in [2.05, 4.69) is 4.98 Å². The van der Waals surface area contributed by atoms with Crippen LogP contribution < -0.4 is 4.90 Å². The number of anilines is 1. The van der Waals surface area contributed by atoms with Crippen molar-refractivity contribution in [1.29, 1.82) is 0 Å². The summed E-state index contributed by atoms with van der Waals surface area (Å²) >= 11 is 6.08. The number of carbonyl (C=O) groups is 1. The Morgan fingerprint density at radius 1 is 1.15 bits per heavy atom. The Kier molecular flexibility index (Phi) is 6.18. The summed E-state index contributed by atoms with van der Waals surface area (Å²) in [5, 5.41) is 0.0307. The lowest BCUT2D eigenvalue weighted by molar-refractivity contribution is -0.137. The van der Waals surface area contributed by atoms with Crippen LogP contribution in [0.15, 0.2) is 12.3 Å². The number of hydrogen-bond donors (Lipinski definition) is 0. The van der Waals surface area contributed by atoms with Gasteiger partial charge in [0, 0.05) is 38.8 Å². The first-order valence-corrected chi connectivity index (χ1v) is 9.90. The topological polar surface area (TPSA) is 36.4 Å². The molecule has 0 N–H and O–H groups in total. The van der Waals surface area contributed by atoms with Crippen molar-refractivity contribution in [2.45, 2.75) is 57.7 Å². The molecule has 2 saturated heterocycles. The Morgan fingerprint density at radius 3 is 2.44 bits per heavy atom. The molecule has 0 aromatic carbocycles. The SMILES string of the molecule is CC(=O)N1CCCCC[C@@H]1C1CCN(c2ncc(C(F)(F)F)cc2Cl)CC1. The Bertz CT molecular complexity index is 675. The normalized spacial score (nSPS) is 22.6. The van der Waals surface area contributed by atoms with Crippen LogP contribution in [0.25, 0.3) is 0 Å². The summed E-state index contributed by atoms with van der Waals surface area (Å²) in [7, 11) is 0. The van der Waals surface area contributed by atoms with E-state index < -0.39 is 11.7 Å². The zero-order valence-electron chi connectivity index (χ0n) is 15.4. The molecule has 0 bridgehead atoms. The number of carbonyl (C=O) groups excluding carboxylic acids is 1. The van der Waals surface area contributed by atoms with E-state index in [1.807, 2.05) is 9.80 Å². The quantitative estimate of drug-likeness (QED) is 0.714. The first kappa shape index (κ1) is 20.2. The van der Waals surface area contributed by atoms with Gasteiger partial charge in [0.1, 0.15) is 5.82 Å². The van der Waals surface area contributed by atoms with Crippen molar-refractivity contribution in [2.75, 3.05) is 24.5 Å². The molecule has 8 heteroatoms. The van der Waals surface area contributed by atoms with Gasteiger partial charge >= 0.3 is 6.18 Å². The number of halogens is 4. The van der Waals surface area contributed by atoms with E-state index in [0.717, 1.165) is 57.3 Å². The molecule has 3 rings (SSSR count). The fourth-order valence-electron chi connectivity index (χ4n) is 4.33. The second kappa shape index (κ2) is 8.25. The number of hydrogen-bond acceptors (Lipinski definition) is 3. The van der Waals surface area contributed by atoms with E-state index in [0.29, 0.717) is 24.8 Å². The second-order valence-corrected chi connectivity index (χ2v) is 7.89. The molecule has 1 atom stereocenters. The highest BCUT2D eigenvalue weighted by Crippen LogP contribution is 2.36. The molecule has 0 radical (unpaired) electrons. The van der Waals surface area contributed by atoms with Gasteiger partial charge in [0.2, 0.25) is 5.91 Å². The molecule has 0 aliphatic carbocycles. The molecule has 1 aromatic heterocycles. The molecular weight excluding hydrogens is 379 g/mol. The van der Waals surface area contributed by atoms with Crippen molar-refractivity contribution in [2.24, 2.45) is 5.92 Å². The zero-order valence-corrected chi connectivity index (χ0v) is 16.2. The van der Waals surface area contributed by atoms with Gasteiger partial charge in [0.05, 0.1) is 10.6 Å². The van der Waals surface area contributed by atoms with Crippen LogP contribution in [0.5, 0.6) is 0 Å². The van der Waals surface area contributed by atoms with Gasteiger partial charge < -0.3 is 9.80 Å². The van der Waals surface area contributed by atoms with Gasteiger partial charge in [0.15, 0.2) is 0 Å². The van der Waals surface area contributed by atoms with Crippen molar-refractivity contribution in [3.63, 3.8) is 0 Å². The highest BCUT2D eigenvalue weighted by Gasteiger charge is 2.35. The van der Waals surface area contributed by atoms with Crippen LogP contribution in [0.2, 0.25) is 5.02 Å². The molecule has 3 heterocycles. The van der Waals surface area contributed by atoms with E-state index in [9.17, 15) is 18.0 Å². The fraction of sp³-hybridized carbons (Fsp3) is 0.684. The Balaban J connectivity index is 1.67. The number of amides is 1. The van der Waals surface area contributed by atoms with E-state index in [1.54, 1.807) is 6.92 Å². The van der Waals surface area contributed by atoms with Crippen LogP contribution in [0.4, 0.5) is 19.0 Å². The van der Waals surface area contributed by atoms with Crippen LogP contribution in [0.3, 0.4) is 0 Å². The van der Waals surface area contributed by atoms with Crippen LogP contribution in [0.1, 0.15) is 51.0 Å². The number of aromatic nitrogens is 1. The van der Waals surface area contributed by atoms with Gasteiger partial charge in [-0.1, -0.05) is 24.4 Å². The Hall–Kier alpha value is -1.50. The maximum Gasteiger partial charge on any atom is 0.417 e. The summed E-state index contributed by atoms with van der Waals surface area (Å²) in [5.41, 5.74) is -0.832. The Labute approximate surface area is 162 Å². The zero-order chi connectivity index (χ0) is 19.6. The lowest BCUT2D eigenvalue weighted by Gasteiger charge is -2.41. The van der Waals surface area contributed by atoms with Gasteiger partial charge in [0.25, 0.3) is 0 Å². The van der Waals surface area contributed by atoms with Crippen molar-refractivity contribution < 1.29 is 18.0 Å². The van der Waals surface area contributed by atoms with Gasteiger partial charge in [-0.25, -0.2) is 4.98 Å². The van der Waals surface area contributed by atoms with Crippen molar-refractivity contribution in [3.8, 4) is 0 Å². The van der Waals surface area contributed by atoms with Crippen molar-refractivity contribution >= 4 is 23.3 Å². The van der Waals surface area contributed by atoms with E-state index in [-0.39, 0.29) is 17.0 Å². The third kappa shape index (κ3) is 4.68. The molecule has 2 aliphatic rings. The molecule has 1 aromatic rings. The maximum atomic E-state index is 12.8. The predicted octanol–water partition coefficient (Wildman–Crippen LogP) is 4.76. The highest BCUT2D eigenvalue weighted by atomic mass is 35.5. The number of rotatable bonds is 2. The number of piperidine rings is 1. The highest BCUT2D eigenvalue weighted by molar-refractivity contribution is 6.33. The van der Waals surface area contributed by atoms with Gasteiger partial charge in [-0.3, -0.25) is 4.79 Å². The summed E-state index contributed by atoms with van der Waals surface area (Å²) in [6, 6.07) is 1.21. The van der Waals surface area contributed by atoms with Crippen LogP contribution in [-0.4, -0.2) is 41.5 Å². The molecular formula is C19H25ClF3N3O. The minimum absolute atomic E-state index is 0.0307. The van der Waals surface area contributed by atoms with E-state index in [4.69, 9.17) is 11.6 Å². The minimum atomic E-state index is -4.45. The molecule has 2 aliphatic heterocycles. The van der Waals surface area contributed by atoms with Crippen LogP contribution in [-0.2, 0) is 11.0 Å². The van der Waals surface area contributed by atoms with Crippen LogP contribution >= 0.6 is 11.6 Å². The minimum Gasteiger partial charge on any atom is -0.355 e. The Morgan fingerprint density at radius 2 is 1.85 bits per heavy atom. The molecule has 0 spiro atoms. The predicted molar refractivity (Wildman–Crippen MR) is 98.8 cm³/mol. The third-order valence-electron chi connectivity index (χ3n) is 5.74. The summed E-state index contributed by atoms with van der Waals surface area (Å²) < 4.78 is 38.4. The first-order valence-electron chi connectivity index (χ1n) is 9.52. The third-order valence-corrected chi connectivity index (χ3v) is 6.01. The maximum absolute atomic E-state index is 12.8. The van der Waals surface area contributed by atoms with E-state index in [1.165, 1.54) is 0 Å². The molecule has 2 fully saturated rings. The first-order chi connectivity index (χ1) is 12.8. The number of nitrogens with zero attached hydrogens (tertiary/aromatic N) is 3. The molecule has 27 heavy (non-hydrogen) atoms. The van der Waals surface area contributed by atoms with Crippen molar-refractivity contribution in [3.05, 3.63) is 22.8 Å². The van der Waals surface area contributed by atoms with Gasteiger partial charge in [-0.2, -0.15) is 13.2 Å². The number of pyridine rings is 1. The summed E-state index contributed by atoms with van der Waals surface area (Å²) in [6.07, 6.45) is 2.55. The fourth-order valence-corrected chi connectivity index (χ4v) is 4.62. The lowest BCUT2D eigenvalue weighted by atomic mass is 9.86. The lowest BCUT2D eigenvalue weighted by Crippen LogP contribution is -2.47. The molecule has 0 saturated carbocycles. The summed E-state index contributed by atoms with van der Waals surface area (Å²) in [6.45, 7) is 3.84.